The van der Waals surface area contributed by atoms with Gasteiger partial charge in [-0.2, -0.15) is 0 Å². The highest BCUT2D eigenvalue weighted by Gasteiger charge is 2.47. The minimum absolute atomic E-state index is 0.177. The van der Waals surface area contributed by atoms with Gasteiger partial charge in [0, 0.05) is 0 Å². The molecular formula is C18H19NO4. The quantitative estimate of drug-likeness (QED) is 0.487. The predicted octanol–water partition coefficient (Wildman–Crippen LogP) is 2.71. The van der Waals surface area contributed by atoms with Crippen molar-refractivity contribution in [3.63, 3.8) is 0 Å². The summed E-state index contributed by atoms with van der Waals surface area (Å²) in [5.41, 5.74) is 0.796. The lowest BCUT2D eigenvalue weighted by Gasteiger charge is -2.15. The number of anilines is 1. The second-order valence-corrected chi connectivity index (χ2v) is 5.85. The van der Waals surface area contributed by atoms with E-state index >= 15 is 0 Å². The summed E-state index contributed by atoms with van der Waals surface area (Å²) in [6.45, 7) is 2.27. The molecule has 0 unspecified atom stereocenters. The molecule has 0 saturated carbocycles. The SMILES string of the molecule is CCCOC(=O)c1cccc(N2C(=O)[C@H]3CC=CC[C@H]3C2=O)c1. The average molecular weight is 313 g/mol. The van der Waals surface area contributed by atoms with Gasteiger partial charge in [0.15, 0.2) is 0 Å². The monoisotopic (exact) mass is 313 g/mol. The third kappa shape index (κ3) is 2.79. The van der Waals surface area contributed by atoms with E-state index < -0.39 is 5.97 Å². The number of carbonyl (C=O) groups excluding carboxylic acids is 3. The maximum atomic E-state index is 12.6. The number of rotatable bonds is 4. The molecule has 0 radical (unpaired) electrons. The molecule has 2 atom stereocenters. The number of benzene rings is 1. The van der Waals surface area contributed by atoms with Crippen molar-refractivity contribution in [1.82, 2.24) is 0 Å². The van der Waals surface area contributed by atoms with Gasteiger partial charge in [-0.3, -0.25) is 14.5 Å². The second-order valence-electron chi connectivity index (χ2n) is 5.85. The van der Waals surface area contributed by atoms with Gasteiger partial charge >= 0.3 is 5.97 Å². The van der Waals surface area contributed by atoms with E-state index in [1.54, 1.807) is 24.3 Å². The third-order valence-electron chi connectivity index (χ3n) is 4.28. The van der Waals surface area contributed by atoms with E-state index in [1.807, 2.05) is 19.1 Å². The fourth-order valence-electron chi connectivity index (χ4n) is 3.10. The number of fused-ring (bicyclic) bond motifs is 1. The van der Waals surface area contributed by atoms with Crippen LogP contribution in [0.1, 0.15) is 36.5 Å². The first-order valence-electron chi connectivity index (χ1n) is 7.93. The van der Waals surface area contributed by atoms with Crippen LogP contribution in [0.2, 0.25) is 0 Å². The lowest BCUT2D eigenvalue weighted by molar-refractivity contribution is -0.122. The summed E-state index contributed by atoms with van der Waals surface area (Å²) in [7, 11) is 0. The molecule has 23 heavy (non-hydrogen) atoms. The smallest absolute Gasteiger partial charge is 0.338 e. The van der Waals surface area contributed by atoms with Crippen LogP contribution in [0.4, 0.5) is 5.69 Å². The first-order valence-corrected chi connectivity index (χ1v) is 7.93. The minimum Gasteiger partial charge on any atom is -0.462 e. The highest BCUT2D eigenvalue weighted by molar-refractivity contribution is 6.22. The van der Waals surface area contributed by atoms with Crippen molar-refractivity contribution in [1.29, 1.82) is 0 Å². The van der Waals surface area contributed by atoms with Crippen LogP contribution in [0.3, 0.4) is 0 Å². The van der Waals surface area contributed by atoms with E-state index in [0.717, 1.165) is 6.42 Å². The lowest BCUT2D eigenvalue weighted by atomic mass is 9.85. The molecule has 5 nitrogen and oxygen atoms in total. The number of imide groups is 1. The Labute approximate surface area is 134 Å². The van der Waals surface area contributed by atoms with Gasteiger partial charge < -0.3 is 4.74 Å². The highest BCUT2D eigenvalue weighted by atomic mass is 16.5. The summed E-state index contributed by atoms with van der Waals surface area (Å²) in [4.78, 5) is 38.3. The average Bonchev–Trinajstić information content (AvgIpc) is 2.84. The zero-order valence-corrected chi connectivity index (χ0v) is 13.0. The molecule has 5 heteroatoms. The van der Waals surface area contributed by atoms with E-state index in [-0.39, 0.29) is 23.7 Å². The van der Waals surface area contributed by atoms with Gasteiger partial charge in [-0.25, -0.2) is 4.79 Å². The molecule has 1 fully saturated rings. The Bertz CT molecular complexity index is 653. The summed E-state index contributed by atoms with van der Waals surface area (Å²) in [6, 6.07) is 6.52. The zero-order chi connectivity index (χ0) is 16.4. The Hall–Kier alpha value is -2.43. The van der Waals surface area contributed by atoms with Crippen LogP contribution in [0, 0.1) is 11.8 Å². The Morgan fingerprint density at radius 1 is 1.17 bits per heavy atom. The van der Waals surface area contributed by atoms with Crippen LogP contribution in [0.25, 0.3) is 0 Å². The van der Waals surface area contributed by atoms with Crippen molar-refractivity contribution in [3.8, 4) is 0 Å². The molecule has 1 aliphatic carbocycles. The molecule has 120 valence electrons. The largest absolute Gasteiger partial charge is 0.462 e. The normalized spacial score (nSPS) is 23.1. The van der Waals surface area contributed by atoms with E-state index in [2.05, 4.69) is 0 Å². The van der Waals surface area contributed by atoms with Gasteiger partial charge in [-0.15, -0.1) is 0 Å². The molecule has 2 aliphatic rings. The zero-order valence-electron chi connectivity index (χ0n) is 13.0. The van der Waals surface area contributed by atoms with Crippen LogP contribution in [-0.2, 0) is 14.3 Å². The van der Waals surface area contributed by atoms with E-state index in [1.165, 1.54) is 4.90 Å². The standard InChI is InChI=1S/C18H19NO4/c1-2-10-23-18(22)12-6-5-7-13(11-12)19-16(20)14-8-3-4-9-15(14)17(19)21/h3-7,11,14-15H,2,8-10H2,1H3/t14-,15+. The number of nitrogens with zero attached hydrogens (tertiary/aromatic N) is 1. The van der Waals surface area contributed by atoms with E-state index in [9.17, 15) is 14.4 Å². The number of amides is 2. The van der Waals surface area contributed by atoms with Crippen molar-refractivity contribution >= 4 is 23.5 Å². The molecule has 1 aromatic carbocycles. The van der Waals surface area contributed by atoms with E-state index in [0.29, 0.717) is 30.7 Å². The molecule has 1 aliphatic heterocycles. The molecule has 1 saturated heterocycles. The van der Waals surface area contributed by atoms with Crippen molar-refractivity contribution in [2.75, 3.05) is 11.5 Å². The molecule has 0 bridgehead atoms. The van der Waals surface area contributed by atoms with Gasteiger partial charge in [0.2, 0.25) is 11.8 Å². The first-order chi connectivity index (χ1) is 11.1. The molecule has 3 rings (SSSR count). The molecule has 1 aromatic rings. The molecule has 0 aromatic heterocycles. The van der Waals surface area contributed by atoms with Gasteiger partial charge in [0.05, 0.1) is 29.7 Å². The number of allylic oxidation sites excluding steroid dienone is 2. The van der Waals surface area contributed by atoms with Gasteiger partial charge in [-0.1, -0.05) is 25.1 Å². The predicted molar refractivity (Wildman–Crippen MR) is 84.9 cm³/mol. The number of hydrogen-bond donors (Lipinski definition) is 0. The maximum absolute atomic E-state index is 12.6. The van der Waals surface area contributed by atoms with Crippen molar-refractivity contribution in [2.24, 2.45) is 11.8 Å². The topological polar surface area (TPSA) is 63.7 Å². The fraction of sp³-hybridized carbons (Fsp3) is 0.389. The summed E-state index contributed by atoms with van der Waals surface area (Å²) in [5, 5.41) is 0. The first kappa shape index (κ1) is 15.5. The lowest BCUT2D eigenvalue weighted by Crippen LogP contribution is -2.31. The fourth-order valence-corrected chi connectivity index (χ4v) is 3.10. The van der Waals surface area contributed by atoms with Crippen LogP contribution in [-0.4, -0.2) is 24.4 Å². The molecule has 0 N–H and O–H groups in total. The maximum Gasteiger partial charge on any atom is 0.338 e. The van der Waals surface area contributed by atoms with Crippen LogP contribution >= 0.6 is 0 Å². The van der Waals surface area contributed by atoms with Gasteiger partial charge in [0.1, 0.15) is 0 Å². The number of esters is 1. The van der Waals surface area contributed by atoms with Crippen molar-refractivity contribution < 1.29 is 19.1 Å². The van der Waals surface area contributed by atoms with Crippen molar-refractivity contribution in [3.05, 3.63) is 42.0 Å². The Morgan fingerprint density at radius 3 is 2.43 bits per heavy atom. The van der Waals surface area contributed by atoms with Gasteiger partial charge in [-0.05, 0) is 37.5 Å². The minimum atomic E-state index is -0.438. The van der Waals surface area contributed by atoms with Crippen LogP contribution in [0.15, 0.2) is 36.4 Å². The summed E-state index contributed by atoms with van der Waals surface area (Å²) < 4.78 is 5.11. The van der Waals surface area contributed by atoms with Crippen molar-refractivity contribution in [2.45, 2.75) is 26.2 Å². The number of carbonyl (C=O) groups is 3. The summed E-state index contributed by atoms with van der Waals surface area (Å²) in [5.74, 6) is -1.34. The Morgan fingerprint density at radius 2 is 1.83 bits per heavy atom. The van der Waals surface area contributed by atoms with E-state index in [4.69, 9.17) is 4.74 Å². The highest BCUT2D eigenvalue weighted by Crippen LogP contribution is 2.37. The molecule has 0 spiro atoms. The Balaban J connectivity index is 1.86. The summed E-state index contributed by atoms with van der Waals surface area (Å²) >= 11 is 0. The Kier molecular flexibility index (Phi) is 4.28. The molecule has 2 amide bonds. The summed E-state index contributed by atoms with van der Waals surface area (Å²) in [6.07, 6.45) is 5.85. The third-order valence-corrected chi connectivity index (χ3v) is 4.28. The van der Waals surface area contributed by atoms with Crippen LogP contribution in [0.5, 0.6) is 0 Å². The number of hydrogen-bond acceptors (Lipinski definition) is 4. The second kappa shape index (κ2) is 6.36. The van der Waals surface area contributed by atoms with Crippen LogP contribution < -0.4 is 4.90 Å². The van der Waals surface area contributed by atoms with Gasteiger partial charge in [0.25, 0.3) is 0 Å². The molecular weight excluding hydrogens is 294 g/mol. The molecule has 1 heterocycles. The number of ether oxygens (including phenoxy) is 1.